The molecule has 2 aromatic rings. The molecule has 0 N–H and O–H groups in total. The highest BCUT2D eigenvalue weighted by atomic mass is 79.9. The molecule has 1 aliphatic rings. The van der Waals surface area contributed by atoms with Crippen molar-refractivity contribution in [3.05, 3.63) is 58.1 Å². The first-order chi connectivity index (χ1) is 9.24. The van der Waals surface area contributed by atoms with Crippen LogP contribution in [-0.2, 0) is 0 Å². The molecule has 96 valence electrons. The van der Waals surface area contributed by atoms with Gasteiger partial charge in [0.1, 0.15) is 0 Å². The zero-order chi connectivity index (χ0) is 13.2. The number of benzene rings is 2. The molecule has 0 amide bonds. The van der Waals surface area contributed by atoms with Crippen molar-refractivity contribution in [2.24, 2.45) is 0 Å². The standard InChI is InChI=1S/C17H15BrO/c18-16-9-8-13-10-15(7-6-14(13)11-16)17(19)12-4-2-1-3-5-12/h4,6-11H,1-3,5H2. The number of fused-ring (bicyclic) bond motifs is 1. The van der Waals surface area contributed by atoms with E-state index in [9.17, 15) is 4.79 Å². The van der Waals surface area contributed by atoms with Crippen LogP contribution in [0.25, 0.3) is 10.8 Å². The summed E-state index contributed by atoms with van der Waals surface area (Å²) in [6.45, 7) is 0. The molecule has 0 fully saturated rings. The van der Waals surface area contributed by atoms with E-state index >= 15 is 0 Å². The Balaban J connectivity index is 1.99. The molecule has 2 heteroatoms. The molecule has 0 saturated heterocycles. The van der Waals surface area contributed by atoms with Crippen LogP contribution in [0.4, 0.5) is 0 Å². The van der Waals surface area contributed by atoms with Gasteiger partial charge >= 0.3 is 0 Å². The van der Waals surface area contributed by atoms with Crippen molar-refractivity contribution < 1.29 is 4.79 Å². The van der Waals surface area contributed by atoms with Crippen LogP contribution in [0, 0.1) is 0 Å². The third-order valence-electron chi connectivity index (χ3n) is 3.65. The summed E-state index contributed by atoms with van der Waals surface area (Å²) in [7, 11) is 0. The van der Waals surface area contributed by atoms with Crippen LogP contribution in [0.2, 0.25) is 0 Å². The summed E-state index contributed by atoms with van der Waals surface area (Å²) in [6, 6.07) is 12.1. The molecule has 0 saturated carbocycles. The molecular formula is C17H15BrO. The molecule has 3 rings (SSSR count). The van der Waals surface area contributed by atoms with Crippen molar-refractivity contribution in [1.29, 1.82) is 0 Å². The maximum Gasteiger partial charge on any atom is 0.188 e. The monoisotopic (exact) mass is 314 g/mol. The van der Waals surface area contributed by atoms with Gasteiger partial charge in [0.25, 0.3) is 0 Å². The third kappa shape index (κ3) is 2.64. The van der Waals surface area contributed by atoms with Crippen LogP contribution in [0.15, 0.2) is 52.5 Å². The molecule has 2 aromatic carbocycles. The first kappa shape index (κ1) is 12.6. The predicted molar refractivity (Wildman–Crippen MR) is 82.5 cm³/mol. The van der Waals surface area contributed by atoms with Gasteiger partial charge in [-0.3, -0.25) is 4.79 Å². The minimum Gasteiger partial charge on any atom is -0.289 e. The van der Waals surface area contributed by atoms with Gasteiger partial charge in [0.15, 0.2) is 5.78 Å². The number of allylic oxidation sites excluding steroid dienone is 2. The molecule has 0 aliphatic heterocycles. The van der Waals surface area contributed by atoms with Gasteiger partial charge in [-0.25, -0.2) is 0 Å². The molecule has 0 aromatic heterocycles. The number of hydrogen-bond acceptors (Lipinski definition) is 1. The highest BCUT2D eigenvalue weighted by molar-refractivity contribution is 9.10. The fraction of sp³-hybridized carbons (Fsp3) is 0.235. The first-order valence-corrected chi connectivity index (χ1v) is 7.46. The number of halogens is 1. The normalized spacial score (nSPS) is 15.3. The number of ketones is 1. The van der Waals surface area contributed by atoms with Gasteiger partial charge in [0.2, 0.25) is 0 Å². The van der Waals surface area contributed by atoms with Gasteiger partial charge in [-0.1, -0.05) is 40.2 Å². The Kier molecular flexibility index (Phi) is 3.52. The highest BCUT2D eigenvalue weighted by Gasteiger charge is 2.14. The summed E-state index contributed by atoms with van der Waals surface area (Å²) in [5.74, 6) is 0.199. The molecule has 0 heterocycles. The highest BCUT2D eigenvalue weighted by Crippen LogP contribution is 2.25. The number of rotatable bonds is 2. The summed E-state index contributed by atoms with van der Waals surface area (Å²) in [5.41, 5.74) is 1.80. The molecule has 0 unspecified atom stereocenters. The molecule has 0 bridgehead atoms. The van der Waals surface area contributed by atoms with E-state index in [4.69, 9.17) is 0 Å². The second-order valence-electron chi connectivity index (χ2n) is 5.01. The average Bonchev–Trinajstić information content (AvgIpc) is 2.47. The van der Waals surface area contributed by atoms with Gasteiger partial charge in [0, 0.05) is 10.0 Å². The fourth-order valence-corrected chi connectivity index (χ4v) is 2.97. The van der Waals surface area contributed by atoms with Crippen molar-refractivity contribution in [1.82, 2.24) is 0 Å². The van der Waals surface area contributed by atoms with E-state index in [-0.39, 0.29) is 5.78 Å². The Morgan fingerprint density at radius 3 is 2.58 bits per heavy atom. The molecule has 19 heavy (non-hydrogen) atoms. The molecule has 1 aliphatic carbocycles. The number of carbonyl (C=O) groups is 1. The van der Waals surface area contributed by atoms with Gasteiger partial charge < -0.3 is 0 Å². The van der Waals surface area contributed by atoms with E-state index in [0.717, 1.165) is 45.6 Å². The number of Topliss-reactive ketones (excluding diaryl/α,β-unsaturated/α-hetero) is 1. The quantitative estimate of drug-likeness (QED) is 0.689. The Bertz CT molecular complexity index is 670. The Morgan fingerprint density at radius 1 is 1.00 bits per heavy atom. The average molecular weight is 315 g/mol. The van der Waals surface area contributed by atoms with E-state index in [2.05, 4.69) is 28.1 Å². The van der Waals surface area contributed by atoms with Gasteiger partial charge in [-0.05, 0) is 60.2 Å². The van der Waals surface area contributed by atoms with Crippen molar-refractivity contribution in [2.75, 3.05) is 0 Å². The van der Waals surface area contributed by atoms with Crippen molar-refractivity contribution in [2.45, 2.75) is 25.7 Å². The van der Waals surface area contributed by atoms with Crippen molar-refractivity contribution in [3.63, 3.8) is 0 Å². The Morgan fingerprint density at radius 2 is 1.79 bits per heavy atom. The number of carbonyl (C=O) groups excluding carboxylic acids is 1. The van der Waals surface area contributed by atoms with Crippen LogP contribution in [0.3, 0.4) is 0 Å². The summed E-state index contributed by atoms with van der Waals surface area (Å²) in [4.78, 5) is 12.4. The summed E-state index contributed by atoms with van der Waals surface area (Å²) in [6.07, 6.45) is 6.43. The topological polar surface area (TPSA) is 17.1 Å². The van der Waals surface area contributed by atoms with Crippen LogP contribution in [0.1, 0.15) is 36.0 Å². The van der Waals surface area contributed by atoms with Gasteiger partial charge in [-0.2, -0.15) is 0 Å². The van der Waals surface area contributed by atoms with Crippen molar-refractivity contribution >= 4 is 32.5 Å². The van der Waals surface area contributed by atoms with E-state index in [1.165, 1.54) is 6.42 Å². The largest absolute Gasteiger partial charge is 0.289 e. The predicted octanol–water partition coefficient (Wildman–Crippen LogP) is 5.29. The van der Waals surface area contributed by atoms with Gasteiger partial charge in [0.05, 0.1) is 0 Å². The van der Waals surface area contributed by atoms with E-state index in [0.29, 0.717) is 0 Å². The molecule has 1 nitrogen and oxygen atoms in total. The zero-order valence-corrected chi connectivity index (χ0v) is 12.2. The van der Waals surface area contributed by atoms with Crippen molar-refractivity contribution in [3.8, 4) is 0 Å². The lowest BCUT2D eigenvalue weighted by molar-refractivity contribution is 0.102. The lowest BCUT2D eigenvalue weighted by atomic mass is 9.92. The summed E-state index contributed by atoms with van der Waals surface area (Å²) < 4.78 is 1.06. The van der Waals surface area contributed by atoms with Crippen LogP contribution in [0.5, 0.6) is 0 Å². The Hall–Kier alpha value is -1.41. The second kappa shape index (κ2) is 5.30. The molecule has 0 atom stereocenters. The second-order valence-corrected chi connectivity index (χ2v) is 5.93. The molecular weight excluding hydrogens is 300 g/mol. The fourth-order valence-electron chi connectivity index (χ4n) is 2.59. The lowest BCUT2D eigenvalue weighted by Gasteiger charge is -2.12. The summed E-state index contributed by atoms with van der Waals surface area (Å²) in [5, 5.41) is 2.27. The first-order valence-electron chi connectivity index (χ1n) is 6.67. The zero-order valence-electron chi connectivity index (χ0n) is 10.7. The number of hydrogen-bond donors (Lipinski definition) is 0. The van der Waals surface area contributed by atoms with E-state index in [1.54, 1.807) is 0 Å². The lowest BCUT2D eigenvalue weighted by Crippen LogP contribution is -2.06. The maximum atomic E-state index is 12.4. The van der Waals surface area contributed by atoms with Crippen LogP contribution < -0.4 is 0 Å². The maximum absolute atomic E-state index is 12.4. The van der Waals surface area contributed by atoms with E-state index < -0.39 is 0 Å². The molecule has 0 radical (unpaired) electrons. The van der Waals surface area contributed by atoms with E-state index in [1.807, 2.05) is 30.3 Å². The van der Waals surface area contributed by atoms with Crippen LogP contribution >= 0.6 is 15.9 Å². The SMILES string of the molecule is O=C(C1=CCCCC1)c1ccc2cc(Br)ccc2c1. The van der Waals surface area contributed by atoms with Gasteiger partial charge in [-0.15, -0.1) is 0 Å². The molecule has 0 spiro atoms. The Labute approximate surface area is 121 Å². The summed E-state index contributed by atoms with van der Waals surface area (Å²) >= 11 is 3.47. The smallest absolute Gasteiger partial charge is 0.188 e. The van der Waals surface area contributed by atoms with Crippen LogP contribution in [-0.4, -0.2) is 5.78 Å². The minimum absolute atomic E-state index is 0.199. The minimum atomic E-state index is 0.199. The third-order valence-corrected chi connectivity index (χ3v) is 4.14.